The number of benzene rings is 2. The Bertz CT molecular complexity index is 1050. The van der Waals surface area contributed by atoms with Crippen molar-refractivity contribution in [2.24, 2.45) is 0 Å². The summed E-state index contributed by atoms with van der Waals surface area (Å²) >= 11 is 6.07. The van der Waals surface area contributed by atoms with Gasteiger partial charge in [-0.25, -0.2) is 9.78 Å². The summed E-state index contributed by atoms with van der Waals surface area (Å²) in [7, 11) is 1.53. The van der Waals surface area contributed by atoms with Crippen LogP contribution in [0.25, 0.3) is 10.9 Å². The Hall–Kier alpha value is -2.96. The first-order valence-electron chi connectivity index (χ1n) is 9.05. The van der Waals surface area contributed by atoms with Crippen LogP contribution in [-0.4, -0.2) is 30.6 Å². The Labute approximate surface area is 173 Å². The Balaban J connectivity index is 1.70. The lowest BCUT2D eigenvalue weighted by Gasteiger charge is -2.14. The van der Waals surface area contributed by atoms with E-state index in [1.165, 1.54) is 7.11 Å². The van der Waals surface area contributed by atoms with E-state index in [1.54, 1.807) is 6.07 Å². The second-order valence-corrected chi connectivity index (χ2v) is 6.86. The molecule has 0 saturated carbocycles. The molecule has 6 nitrogen and oxygen atoms in total. The van der Waals surface area contributed by atoms with Crippen molar-refractivity contribution in [3.05, 3.63) is 75.9 Å². The van der Waals surface area contributed by atoms with Crippen LogP contribution < -0.4 is 5.32 Å². The number of aryl methyl sites for hydroxylation is 1. The van der Waals surface area contributed by atoms with Crippen molar-refractivity contribution in [2.45, 2.75) is 20.1 Å². The molecule has 0 bridgehead atoms. The van der Waals surface area contributed by atoms with Gasteiger partial charge in [-0.05, 0) is 30.2 Å². The van der Waals surface area contributed by atoms with Crippen LogP contribution in [0.3, 0.4) is 0 Å². The summed E-state index contributed by atoms with van der Waals surface area (Å²) in [6, 6.07) is 14.7. The van der Waals surface area contributed by atoms with Gasteiger partial charge >= 0.3 is 5.97 Å². The van der Waals surface area contributed by atoms with Gasteiger partial charge in [-0.15, -0.1) is 0 Å². The summed E-state index contributed by atoms with van der Waals surface area (Å²) in [6.45, 7) is 1.84. The molecule has 0 spiro atoms. The van der Waals surface area contributed by atoms with Crippen LogP contribution in [0.15, 0.2) is 48.5 Å². The molecule has 0 aliphatic rings. The van der Waals surface area contributed by atoms with E-state index in [0.29, 0.717) is 16.3 Å². The number of pyridine rings is 1. The standard InChI is InChI=1S/C22H21ClN2O4/c1-14-16-8-4-6-10-18(16)25-19(12-28-2)21(14)22(27)29-13-20(26)24-11-15-7-3-5-9-17(15)23/h3-10H,11-13H2,1-2H3,(H,24,26). The lowest BCUT2D eigenvalue weighted by Crippen LogP contribution is -2.29. The number of methoxy groups -OCH3 is 1. The van der Waals surface area contributed by atoms with Gasteiger partial charge in [-0.3, -0.25) is 4.79 Å². The number of carbonyl (C=O) groups is 2. The SMILES string of the molecule is COCc1nc2ccccc2c(C)c1C(=O)OCC(=O)NCc1ccccc1Cl. The summed E-state index contributed by atoms with van der Waals surface area (Å²) in [5.74, 6) is -1.03. The molecule has 1 N–H and O–H groups in total. The highest BCUT2D eigenvalue weighted by Gasteiger charge is 2.21. The third-order valence-electron chi connectivity index (χ3n) is 4.48. The van der Waals surface area contributed by atoms with Crippen LogP contribution in [0.5, 0.6) is 0 Å². The highest BCUT2D eigenvalue weighted by Crippen LogP contribution is 2.24. The maximum atomic E-state index is 12.7. The first kappa shape index (κ1) is 20.8. The zero-order valence-corrected chi connectivity index (χ0v) is 17.0. The van der Waals surface area contributed by atoms with Crippen LogP contribution in [0.4, 0.5) is 0 Å². The number of hydrogen-bond donors (Lipinski definition) is 1. The number of esters is 1. The number of nitrogens with one attached hydrogen (secondary N) is 1. The Morgan fingerprint density at radius 1 is 1.10 bits per heavy atom. The first-order valence-corrected chi connectivity index (χ1v) is 9.43. The number of aromatic nitrogens is 1. The number of nitrogens with zero attached hydrogens (tertiary/aromatic N) is 1. The van der Waals surface area contributed by atoms with Gasteiger partial charge in [0.25, 0.3) is 5.91 Å². The molecule has 0 fully saturated rings. The van der Waals surface area contributed by atoms with Gasteiger partial charge in [0.2, 0.25) is 0 Å². The molecule has 0 radical (unpaired) electrons. The van der Waals surface area contributed by atoms with Crippen molar-refractivity contribution in [3.63, 3.8) is 0 Å². The predicted molar refractivity (Wildman–Crippen MR) is 111 cm³/mol. The summed E-state index contributed by atoms with van der Waals surface area (Å²) in [5, 5.41) is 4.10. The Morgan fingerprint density at radius 3 is 2.59 bits per heavy atom. The van der Waals surface area contributed by atoms with E-state index >= 15 is 0 Å². The molecule has 0 saturated heterocycles. The molecule has 1 heterocycles. The fraction of sp³-hybridized carbons (Fsp3) is 0.227. The number of fused-ring (bicyclic) bond motifs is 1. The van der Waals surface area contributed by atoms with Crippen LogP contribution in [-0.2, 0) is 27.4 Å². The smallest absolute Gasteiger partial charge is 0.340 e. The molecular formula is C22H21ClN2O4. The van der Waals surface area contributed by atoms with Gasteiger partial charge in [0.1, 0.15) is 0 Å². The van der Waals surface area contributed by atoms with Crippen molar-refractivity contribution in [1.29, 1.82) is 0 Å². The lowest BCUT2D eigenvalue weighted by atomic mass is 10.0. The molecule has 0 atom stereocenters. The van der Waals surface area contributed by atoms with Gasteiger partial charge < -0.3 is 14.8 Å². The minimum atomic E-state index is -0.610. The molecular weight excluding hydrogens is 392 g/mol. The molecule has 2 aromatic carbocycles. The van der Waals surface area contributed by atoms with E-state index in [1.807, 2.05) is 49.4 Å². The molecule has 1 aromatic heterocycles. The number of amides is 1. The summed E-state index contributed by atoms with van der Waals surface area (Å²) in [4.78, 5) is 29.3. The number of para-hydroxylation sites is 1. The maximum Gasteiger partial charge on any atom is 0.340 e. The van der Waals surface area contributed by atoms with Gasteiger partial charge in [-0.2, -0.15) is 0 Å². The number of halogens is 1. The molecule has 7 heteroatoms. The topological polar surface area (TPSA) is 77.5 Å². The minimum absolute atomic E-state index is 0.162. The third-order valence-corrected chi connectivity index (χ3v) is 4.85. The van der Waals surface area contributed by atoms with Crippen LogP contribution >= 0.6 is 11.6 Å². The van der Waals surface area contributed by atoms with Gasteiger partial charge in [-0.1, -0.05) is 48.0 Å². The summed E-state index contributed by atoms with van der Waals surface area (Å²) in [5.41, 5.74) is 3.09. The molecule has 0 unspecified atom stereocenters. The van der Waals surface area contributed by atoms with E-state index in [-0.39, 0.29) is 13.2 Å². The van der Waals surface area contributed by atoms with E-state index < -0.39 is 18.5 Å². The number of carbonyl (C=O) groups excluding carboxylic acids is 2. The number of rotatable bonds is 7. The van der Waals surface area contributed by atoms with Crippen LogP contribution in [0, 0.1) is 6.92 Å². The van der Waals surface area contributed by atoms with E-state index in [9.17, 15) is 9.59 Å². The zero-order chi connectivity index (χ0) is 20.8. The van der Waals surface area contributed by atoms with Gasteiger partial charge in [0, 0.05) is 24.1 Å². The number of hydrogen-bond acceptors (Lipinski definition) is 5. The molecule has 0 aliphatic heterocycles. The predicted octanol–water partition coefficient (Wildman–Crippen LogP) is 3.82. The average molecular weight is 413 g/mol. The molecule has 3 rings (SSSR count). The van der Waals surface area contributed by atoms with E-state index in [0.717, 1.165) is 22.0 Å². The fourth-order valence-corrected chi connectivity index (χ4v) is 3.25. The fourth-order valence-electron chi connectivity index (χ4n) is 3.04. The van der Waals surface area contributed by atoms with Crippen molar-refractivity contribution in [3.8, 4) is 0 Å². The van der Waals surface area contributed by atoms with Crippen molar-refractivity contribution in [2.75, 3.05) is 13.7 Å². The van der Waals surface area contributed by atoms with Gasteiger partial charge in [0.05, 0.1) is 23.4 Å². The van der Waals surface area contributed by atoms with Crippen molar-refractivity contribution < 1.29 is 19.1 Å². The number of ether oxygens (including phenoxy) is 2. The first-order chi connectivity index (χ1) is 14.0. The quantitative estimate of drug-likeness (QED) is 0.597. The third kappa shape index (κ3) is 4.91. The monoisotopic (exact) mass is 412 g/mol. The molecule has 150 valence electrons. The van der Waals surface area contributed by atoms with E-state index in [2.05, 4.69) is 10.3 Å². The Kier molecular flexibility index (Phi) is 6.80. The van der Waals surface area contributed by atoms with Gasteiger partial charge in [0.15, 0.2) is 6.61 Å². The molecule has 29 heavy (non-hydrogen) atoms. The van der Waals surface area contributed by atoms with E-state index in [4.69, 9.17) is 21.1 Å². The second kappa shape index (κ2) is 9.49. The van der Waals surface area contributed by atoms with Crippen molar-refractivity contribution in [1.82, 2.24) is 10.3 Å². The molecule has 3 aromatic rings. The minimum Gasteiger partial charge on any atom is -0.452 e. The molecule has 1 amide bonds. The largest absolute Gasteiger partial charge is 0.452 e. The normalized spacial score (nSPS) is 10.7. The summed E-state index contributed by atoms with van der Waals surface area (Å²) in [6.07, 6.45) is 0. The highest BCUT2D eigenvalue weighted by atomic mass is 35.5. The molecule has 0 aliphatic carbocycles. The maximum absolute atomic E-state index is 12.7. The lowest BCUT2D eigenvalue weighted by molar-refractivity contribution is -0.124. The second-order valence-electron chi connectivity index (χ2n) is 6.45. The van der Waals surface area contributed by atoms with Crippen molar-refractivity contribution >= 4 is 34.4 Å². The van der Waals surface area contributed by atoms with Crippen LogP contribution in [0.2, 0.25) is 5.02 Å². The Morgan fingerprint density at radius 2 is 1.83 bits per heavy atom. The summed E-state index contributed by atoms with van der Waals surface area (Å²) < 4.78 is 10.4. The average Bonchev–Trinajstić information content (AvgIpc) is 2.72. The van der Waals surface area contributed by atoms with Crippen LogP contribution in [0.1, 0.15) is 27.2 Å². The zero-order valence-electron chi connectivity index (χ0n) is 16.2. The highest BCUT2D eigenvalue weighted by molar-refractivity contribution is 6.31.